The Balaban J connectivity index is 1.33. The third kappa shape index (κ3) is 6.07. The molecule has 0 radical (unpaired) electrons. The van der Waals surface area contributed by atoms with Crippen molar-refractivity contribution in [3.8, 4) is 5.75 Å². The standard InChI is InChI=1S/C26H25N3O5S/c30-24-9-5-4-8-23(24)26(32)29-17-15-28(16-18-29)25(31)21-10-12-22(13-11-21)27-35(33,34)19-14-20-6-2-1-3-7-20/h1-14,19,27,30H,15-18H2/b19-14+. The summed E-state index contributed by atoms with van der Waals surface area (Å²) in [5.74, 6) is -0.534. The van der Waals surface area contributed by atoms with Crippen molar-refractivity contribution >= 4 is 33.6 Å². The number of carbonyl (C=O) groups excluding carboxylic acids is 2. The van der Waals surface area contributed by atoms with E-state index in [4.69, 9.17) is 0 Å². The van der Waals surface area contributed by atoms with Crippen LogP contribution in [-0.2, 0) is 10.0 Å². The minimum Gasteiger partial charge on any atom is -0.507 e. The number of sulfonamides is 1. The smallest absolute Gasteiger partial charge is 0.257 e. The van der Waals surface area contributed by atoms with E-state index in [9.17, 15) is 23.1 Å². The third-order valence-electron chi connectivity index (χ3n) is 5.62. The first-order valence-corrected chi connectivity index (χ1v) is 12.6. The Hall–Kier alpha value is -4.11. The Labute approximate surface area is 204 Å². The molecule has 1 heterocycles. The molecule has 2 N–H and O–H groups in total. The van der Waals surface area contributed by atoms with Crippen LogP contribution in [-0.4, -0.2) is 61.3 Å². The van der Waals surface area contributed by atoms with Gasteiger partial charge in [-0.15, -0.1) is 0 Å². The summed E-state index contributed by atoms with van der Waals surface area (Å²) in [4.78, 5) is 28.8. The number of hydrogen-bond acceptors (Lipinski definition) is 5. The minimum atomic E-state index is -3.71. The van der Waals surface area contributed by atoms with Gasteiger partial charge in [-0.2, -0.15) is 0 Å². The Morgan fingerprint density at radius 3 is 1.97 bits per heavy atom. The zero-order valence-corrected chi connectivity index (χ0v) is 19.7. The number of carbonyl (C=O) groups is 2. The van der Waals surface area contributed by atoms with Gasteiger partial charge in [-0.25, -0.2) is 8.42 Å². The largest absolute Gasteiger partial charge is 0.507 e. The highest BCUT2D eigenvalue weighted by atomic mass is 32.2. The van der Waals surface area contributed by atoms with E-state index >= 15 is 0 Å². The minimum absolute atomic E-state index is 0.0673. The first-order chi connectivity index (χ1) is 16.8. The second-order valence-electron chi connectivity index (χ2n) is 8.04. The maximum Gasteiger partial charge on any atom is 0.257 e. The van der Waals surface area contributed by atoms with Crippen molar-refractivity contribution in [1.29, 1.82) is 0 Å². The van der Waals surface area contributed by atoms with Gasteiger partial charge in [-0.1, -0.05) is 42.5 Å². The van der Waals surface area contributed by atoms with Gasteiger partial charge in [0.15, 0.2) is 0 Å². The van der Waals surface area contributed by atoms with Gasteiger partial charge < -0.3 is 14.9 Å². The van der Waals surface area contributed by atoms with E-state index in [1.54, 1.807) is 64.4 Å². The fraction of sp³-hybridized carbons (Fsp3) is 0.154. The normalized spacial score (nSPS) is 14.2. The van der Waals surface area contributed by atoms with Gasteiger partial charge in [0.2, 0.25) is 0 Å². The fourth-order valence-electron chi connectivity index (χ4n) is 3.73. The molecule has 0 aromatic heterocycles. The van der Waals surface area contributed by atoms with E-state index in [0.29, 0.717) is 37.4 Å². The molecule has 2 amide bonds. The molecular formula is C26H25N3O5S. The molecule has 3 aromatic carbocycles. The van der Waals surface area contributed by atoms with Crippen LogP contribution in [0.3, 0.4) is 0 Å². The SMILES string of the molecule is O=C(c1ccc(NS(=O)(=O)/C=C/c2ccccc2)cc1)N1CCN(C(=O)c2ccccc2O)CC1. The fourth-order valence-corrected chi connectivity index (χ4v) is 4.60. The van der Waals surface area contributed by atoms with Gasteiger partial charge >= 0.3 is 0 Å². The summed E-state index contributed by atoms with van der Waals surface area (Å²) in [5.41, 5.74) is 1.77. The molecule has 0 bridgehead atoms. The van der Waals surface area contributed by atoms with Crippen LogP contribution in [0.15, 0.2) is 84.3 Å². The first kappa shape index (κ1) is 24.0. The molecule has 4 rings (SSSR count). The number of para-hydroxylation sites is 1. The zero-order chi connectivity index (χ0) is 24.8. The average molecular weight is 492 g/mol. The summed E-state index contributed by atoms with van der Waals surface area (Å²) in [7, 11) is -3.71. The maximum atomic E-state index is 12.9. The van der Waals surface area contributed by atoms with Crippen molar-refractivity contribution in [2.24, 2.45) is 0 Å². The van der Waals surface area contributed by atoms with Gasteiger partial charge in [0.25, 0.3) is 21.8 Å². The highest BCUT2D eigenvalue weighted by molar-refractivity contribution is 7.95. The summed E-state index contributed by atoms with van der Waals surface area (Å²) in [6, 6.07) is 21.7. The topological polar surface area (TPSA) is 107 Å². The molecule has 9 heteroatoms. The van der Waals surface area contributed by atoms with Crippen LogP contribution >= 0.6 is 0 Å². The number of hydrogen-bond donors (Lipinski definition) is 2. The predicted octanol–water partition coefficient (Wildman–Crippen LogP) is 3.40. The van der Waals surface area contributed by atoms with E-state index < -0.39 is 10.0 Å². The van der Waals surface area contributed by atoms with Crippen LogP contribution in [0.25, 0.3) is 6.08 Å². The number of benzene rings is 3. The second-order valence-corrected chi connectivity index (χ2v) is 9.61. The van der Waals surface area contributed by atoms with Crippen molar-refractivity contribution in [2.75, 3.05) is 30.9 Å². The number of piperazine rings is 1. The summed E-state index contributed by atoms with van der Waals surface area (Å²) in [5, 5.41) is 11.0. The monoisotopic (exact) mass is 491 g/mol. The van der Waals surface area contributed by atoms with Crippen molar-refractivity contribution in [3.63, 3.8) is 0 Å². The van der Waals surface area contributed by atoms with Gasteiger partial charge in [0, 0.05) is 37.4 Å². The van der Waals surface area contributed by atoms with E-state index in [2.05, 4.69) is 4.72 Å². The number of nitrogens with zero attached hydrogens (tertiary/aromatic N) is 2. The molecule has 0 aliphatic carbocycles. The van der Waals surface area contributed by atoms with E-state index in [-0.39, 0.29) is 23.1 Å². The van der Waals surface area contributed by atoms with Crippen LogP contribution < -0.4 is 4.72 Å². The lowest BCUT2D eigenvalue weighted by Crippen LogP contribution is -2.50. The number of phenols is 1. The van der Waals surface area contributed by atoms with Gasteiger partial charge in [0.1, 0.15) is 5.75 Å². The van der Waals surface area contributed by atoms with Crippen molar-refractivity contribution < 1.29 is 23.1 Å². The van der Waals surface area contributed by atoms with Crippen LogP contribution in [0, 0.1) is 0 Å². The molecule has 35 heavy (non-hydrogen) atoms. The third-order valence-corrected chi connectivity index (χ3v) is 6.63. The second kappa shape index (κ2) is 10.4. The highest BCUT2D eigenvalue weighted by Gasteiger charge is 2.26. The molecule has 0 atom stereocenters. The zero-order valence-electron chi connectivity index (χ0n) is 18.9. The Bertz CT molecular complexity index is 1330. The predicted molar refractivity (Wildman–Crippen MR) is 134 cm³/mol. The molecule has 1 aliphatic rings. The molecule has 1 saturated heterocycles. The summed E-state index contributed by atoms with van der Waals surface area (Å²) in [6.07, 6.45) is 1.50. The molecule has 0 saturated carbocycles. The van der Waals surface area contributed by atoms with Crippen LogP contribution in [0.1, 0.15) is 26.3 Å². The number of nitrogens with one attached hydrogen (secondary N) is 1. The van der Waals surface area contributed by atoms with Crippen LogP contribution in [0.2, 0.25) is 0 Å². The molecular weight excluding hydrogens is 466 g/mol. The van der Waals surface area contributed by atoms with Gasteiger partial charge in [-0.3, -0.25) is 14.3 Å². The summed E-state index contributed by atoms with van der Waals surface area (Å²) < 4.78 is 27.1. The van der Waals surface area contributed by atoms with Crippen molar-refractivity contribution in [3.05, 3.63) is 101 Å². The van der Waals surface area contributed by atoms with Crippen LogP contribution in [0.4, 0.5) is 5.69 Å². The average Bonchev–Trinajstić information content (AvgIpc) is 2.88. The molecule has 1 aliphatic heterocycles. The number of phenolic OH excluding ortho intramolecular Hbond substituents is 1. The lowest BCUT2D eigenvalue weighted by Gasteiger charge is -2.35. The molecule has 0 unspecified atom stereocenters. The van der Waals surface area contributed by atoms with Crippen LogP contribution in [0.5, 0.6) is 5.75 Å². The molecule has 180 valence electrons. The van der Waals surface area contributed by atoms with E-state index in [1.807, 2.05) is 18.2 Å². The molecule has 1 fully saturated rings. The highest BCUT2D eigenvalue weighted by Crippen LogP contribution is 2.20. The number of anilines is 1. The summed E-state index contributed by atoms with van der Waals surface area (Å²) >= 11 is 0. The van der Waals surface area contributed by atoms with E-state index in [1.165, 1.54) is 12.1 Å². The first-order valence-electron chi connectivity index (χ1n) is 11.0. The van der Waals surface area contributed by atoms with Gasteiger partial charge in [-0.05, 0) is 48.0 Å². The van der Waals surface area contributed by atoms with Gasteiger partial charge in [0.05, 0.1) is 11.0 Å². The Kier molecular flexibility index (Phi) is 7.17. The quantitative estimate of drug-likeness (QED) is 0.550. The number of aromatic hydroxyl groups is 1. The van der Waals surface area contributed by atoms with Crippen molar-refractivity contribution in [2.45, 2.75) is 0 Å². The molecule has 8 nitrogen and oxygen atoms in total. The molecule has 3 aromatic rings. The lowest BCUT2D eigenvalue weighted by atomic mass is 10.1. The van der Waals surface area contributed by atoms with Crippen molar-refractivity contribution in [1.82, 2.24) is 9.80 Å². The maximum absolute atomic E-state index is 12.9. The number of rotatable bonds is 6. The van der Waals surface area contributed by atoms with E-state index in [0.717, 1.165) is 11.0 Å². The lowest BCUT2D eigenvalue weighted by molar-refractivity contribution is 0.0533. The Morgan fingerprint density at radius 1 is 0.771 bits per heavy atom. The summed E-state index contributed by atoms with van der Waals surface area (Å²) in [6.45, 7) is 1.42. The Morgan fingerprint density at radius 2 is 1.34 bits per heavy atom. The molecule has 0 spiro atoms. The number of amides is 2.